The molecule has 10 heteroatoms. The predicted molar refractivity (Wildman–Crippen MR) is 79.5 cm³/mol. The molecule has 1 atom stereocenters. The maximum absolute atomic E-state index is 13.0. The summed E-state index contributed by atoms with van der Waals surface area (Å²) in [5.41, 5.74) is 1.38. The van der Waals surface area contributed by atoms with Gasteiger partial charge in [0.05, 0.1) is 0 Å². The first-order valence-corrected chi connectivity index (χ1v) is 7.48. The molecule has 7 nitrogen and oxygen atoms in total. The van der Waals surface area contributed by atoms with Gasteiger partial charge in [-0.05, 0) is 25.8 Å². The van der Waals surface area contributed by atoms with Crippen molar-refractivity contribution in [3.05, 3.63) is 17.0 Å². The highest BCUT2D eigenvalue weighted by atomic mass is 19.4. The lowest BCUT2D eigenvalue weighted by Crippen LogP contribution is -2.43. The number of likely N-dealkylation sites (N-methyl/N-ethyl adjacent to an activating group) is 1. The number of amides is 1. The molecule has 1 N–H and O–H groups in total. The molecule has 1 fully saturated rings. The summed E-state index contributed by atoms with van der Waals surface area (Å²) in [5, 5.41) is 14.0. The molecule has 3 rings (SSSR count). The van der Waals surface area contributed by atoms with Crippen LogP contribution in [0.2, 0.25) is 0 Å². The number of piperidine rings is 1. The smallest absolute Gasteiger partial charge is 0.364 e. The summed E-state index contributed by atoms with van der Waals surface area (Å²) in [7, 11) is 1.70. The number of nitrogens with zero attached hydrogens (tertiary/aromatic N) is 5. The number of carbonyl (C=O) groups is 1. The highest BCUT2D eigenvalue weighted by Gasteiger charge is 2.38. The van der Waals surface area contributed by atoms with Crippen molar-refractivity contribution in [1.82, 2.24) is 24.7 Å². The number of anilines is 1. The van der Waals surface area contributed by atoms with Crippen molar-refractivity contribution >= 4 is 17.4 Å². The molecule has 130 valence electrons. The van der Waals surface area contributed by atoms with Gasteiger partial charge in [-0.2, -0.15) is 17.7 Å². The number of halogens is 3. The molecule has 2 aromatic rings. The predicted octanol–water partition coefficient (Wildman–Crippen LogP) is 1.79. The van der Waals surface area contributed by atoms with E-state index in [-0.39, 0.29) is 17.6 Å². The lowest BCUT2D eigenvalue weighted by atomic mass is 10.1. The van der Waals surface area contributed by atoms with Gasteiger partial charge in [0.15, 0.2) is 11.5 Å². The van der Waals surface area contributed by atoms with Crippen molar-refractivity contribution in [1.29, 1.82) is 0 Å². The minimum atomic E-state index is -4.64. The molecule has 0 spiro atoms. The number of carbonyl (C=O) groups excluding carboxylic acids is 1. The van der Waals surface area contributed by atoms with Crippen LogP contribution in [0.3, 0.4) is 0 Å². The average molecular weight is 342 g/mol. The molecule has 3 heterocycles. The van der Waals surface area contributed by atoms with E-state index in [4.69, 9.17) is 0 Å². The molecule has 0 saturated carbocycles. The van der Waals surface area contributed by atoms with Gasteiger partial charge < -0.3 is 10.2 Å². The summed E-state index contributed by atoms with van der Waals surface area (Å²) in [6, 6.07) is -0.0680. The molecule has 1 amide bonds. The van der Waals surface area contributed by atoms with E-state index in [9.17, 15) is 18.0 Å². The van der Waals surface area contributed by atoms with Gasteiger partial charge in [0.1, 0.15) is 0 Å². The van der Waals surface area contributed by atoms with Crippen molar-refractivity contribution in [3.63, 3.8) is 0 Å². The van der Waals surface area contributed by atoms with Gasteiger partial charge in [0, 0.05) is 31.6 Å². The molecule has 0 unspecified atom stereocenters. The van der Waals surface area contributed by atoms with Crippen LogP contribution in [0.15, 0.2) is 0 Å². The van der Waals surface area contributed by atoms with E-state index in [0.29, 0.717) is 36.3 Å². The van der Waals surface area contributed by atoms with Gasteiger partial charge in [-0.3, -0.25) is 4.79 Å². The Labute approximate surface area is 135 Å². The monoisotopic (exact) mass is 342 g/mol. The summed E-state index contributed by atoms with van der Waals surface area (Å²) in [4.78, 5) is 13.1. The second-order valence-corrected chi connectivity index (χ2v) is 6.01. The molecule has 24 heavy (non-hydrogen) atoms. The molecule has 1 aliphatic rings. The van der Waals surface area contributed by atoms with E-state index in [2.05, 4.69) is 20.6 Å². The van der Waals surface area contributed by atoms with Crippen molar-refractivity contribution in [2.24, 2.45) is 0 Å². The van der Waals surface area contributed by atoms with Gasteiger partial charge in [0.25, 0.3) is 5.82 Å². The van der Waals surface area contributed by atoms with Gasteiger partial charge in [-0.25, -0.2) is 0 Å². The topological polar surface area (TPSA) is 75.4 Å². The zero-order valence-corrected chi connectivity index (χ0v) is 13.5. The highest BCUT2D eigenvalue weighted by molar-refractivity contribution is 5.77. The molecule has 0 aliphatic carbocycles. The van der Waals surface area contributed by atoms with E-state index in [1.165, 1.54) is 0 Å². The third-order valence-corrected chi connectivity index (χ3v) is 4.31. The molecule has 0 bridgehead atoms. The molecule has 1 saturated heterocycles. The lowest BCUT2D eigenvalue weighted by Gasteiger charge is -2.30. The number of hydrogen-bond acceptors (Lipinski definition) is 5. The van der Waals surface area contributed by atoms with Crippen LogP contribution in [0.25, 0.3) is 5.65 Å². The fraction of sp³-hybridized carbons (Fsp3) is 0.571. The number of rotatable bonds is 2. The normalized spacial score (nSPS) is 19.2. The zero-order chi connectivity index (χ0) is 17.6. The summed E-state index contributed by atoms with van der Waals surface area (Å²) in [6.45, 7) is 3.93. The van der Waals surface area contributed by atoms with E-state index in [1.807, 2.05) is 0 Å². The quantitative estimate of drug-likeness (QED) is 0.901. The summed E-state index contributed by atoms with van der Waals surface area (Å²) in [5.74, 6) is -0.750. The number of alkyl halides is 3. The minimum Gasteiger partial charge on any atom is -0.364 e. The Morgan fingerprint density at radius 3 is 2.54 bits per heavy atom. The standard InChI is InChI=1S/C14H17F3N6O/c1-7-8(2)12-19-20-13(14(15,16)17)23(12)21-11(7)18-9-4-5-10(24)22(3)6-9/h9H,4-6H2,1-3H3,(H,18,21)/t9-/m0/s1. The Kier molecular flexibility index (Phi) is 3.84. The van der Waals surface area contributed by atoms with Crippen molar-refractivity contribution in [2.75, 3.05) is 18.9 Å². The molecule has 1 aliphatic heterocycles. The molecule has 0 aromatic carbocycles. The van der Waals surface area contributed by atoms with E-state index in [1.54, 1.807) is 25.8 Å². The first kappa shape index (κ1) is 16.5. The summed E-state index contributed by atoms with van der Waals surface area (Å²) >= 11 is 0. The SMILES string of the molecule is Cc1c(N[C@H]2CCC(=O)N(C)C2)nn2c(C(F)(F)F)nnc2c1C. The van der Waals surface area contributed by atoms with E-state index < -0.39 is 12.0 Å². The van der Waals surface area contributed by atoms with Crippen molar-refractivity contribution < 1.29 is 18.0 Å². The van der Waals surface area contributed by atoms with Crippen LogP contribution in [0.5, 0.6) is 0 Å². The van der Waals surface area contributed by atoms with Crippen LogP contribution in [-0.4, -0.2) is 50.3 Å². The molecular formula is C14H17F3N6O. The third kappa shape index (κ3) is 2.76. The van der Waals surface area contributed by atoms with Gasteiger partial charge in [0.2, 0.25) is 5.91 Å². The van der Waals surface area contributed by atoms with Crippen LogP contribution >= 0.6 is 0 Å². The van der Waals surface area contributed by atoms with Gasteiger partial charge >= 0.3 is 6.18 Å². The average Bonchev–Trinajstić information content (AvgIpc) is 2.92. The first-order chi connectivity index (χ1) is 11.2. The molecule has 0 radical (unpaired) electrons. The number of likely N-dealkylation sites (tertiary alicyclic amines) is 1. The van der Waals surface area contributed by atoms with Crippen LogP contribution in [0.4, 0.5) is 19.0 Å². The minimum absolute atomic E-state index is 0.0579. The first-order valence-electron chi connectivity index (χ1n) is 7.48. The fourth-order valence-corrected chi connectivity index (χ4v) is 2.77. The van der Waals surface area contributed by atoms with Crippen LogP contribution in [-0.2, 0) is 11.0 Å². The fourth-order valence-electron chi connectivity index (χ4n) is 2.77. The summed E-state index contributed by atoms with van der Waals surface area (Å²) < 4.78 is 39.8. The maximum atomic E-state index is 13.0. The summed E-state index contributed by atoms with van der Waals surface area (Å²) in [6.07, 6.45) is -3.63. The second kappa shape index (κ2) is 5.60. The number of aryl methyl sites for hydroxylation is 1. The number of nitrogens with one attached hydrogen (secondary N) is 1. The largest absolute Gasteiger partial charge is 0.453 e. The van der Waals surface area contributed by atoms with E-state index >= 15 is 0 Å². The maximum Gasteiger partial charge on any atom is 0.453 e. The highest BCUT2D eigenvalue weighted by Crippen LogP contribution is 2.30. The Hall–Kier alpha value is -2.39. The third-order valence-electron chi connectivity index (χ3n) is 4.31. The Bertz CT molecular complexity index is 800. The Morgan fingerprint density at radius 1 is 1.21 bits per heavy atom. The Balaban J connectivity index is 1.99. The van der Waals surface area contributed by atoms with Gasteiger partial charge in [-0.1, -0.05) is 0 Å². The van der Waals surface area contributed by atoms with Crippen LogP contribution in [0.1, 0.15) is 29.8 Å². The number of aromatic nitrogens is 4. The number of hydrogen-bond donors (Lipinski definition) is 1. The molecular weight excluding hydrogens is 325 g/mol. The second-order valence-electron chi connectivity index (χ2n) is 6.01. The van der Waals surface area contributed by atoms with Gasteiger partial charge in [-0.15, -0.1) is 15.3 Å². The van der Waals surface area contributed by atoms with Crippen molar-refractivity contribution in [3.8, 4) is 0 Å². The van der Waals surface area contributed by atoms with Crippen LogP contribution in [0, 0.1) is 13.8 Å². The molecule has 2 aromatic heterocycles. The Morgan fingerprint density at radius 2 is 1.92 bits per heavy atom. The van der Waals surface area contributed by atoms with Crippen LogP contribution < -0.4 is 5.32 Å². The van der Waals surface area contributed by atoms with Crippen molar-refractivity contribution in [2.45, 2.75) is 38.9 Å². The lowest BCUT2D eigenvalue weighted by molar-refractivity contribution is -0.146. The van der Waals surface area contributed by atoms with E-state index in [0.717, 1.165) is 4.52 Å². The zero-order valence-electron chi connectivity index (χ0n) is 13.5. The number of fused-ring (bicyclic) bond motifs is 1.